The average molecular weight is 363 g/mol. The Labute approximate surface area is 152 Å². The Bertz CT molecular complexity index is 766. The third-order valence-electron chi connectivity index (χ3n) is 5.30. The number of hydrogen-bond acceptors (Lipinski definition) is 4. The molecule has 3 atom stereocenters. The number of nitrogens with two attached hydrogens (primary N) is 1. The lowest BCUT2D eigenvalue weighted by Gasteiger charge is -2.20. The van der Waals surface area contributed by atoms with Crippen LogP contribution in [0.4, 0.5) is 11.6 Å². The van der Waals surface area contributed by atoms with Crippen molar-refractivity contribution in [1.82, 2.24) is 9.97 Å². The van der Waals surface area contributed by atoms with E-state index < -0.39 is 0 Å². The van der Waals surface area contributed by atoms with Crippen LogP contribution in [0.1, 0.15) is 19.8 Å². The van der Waals surface area contributed by atoms with Crippen LogP contribution in [0.2, 0.25) is 10.0 Å². The van der Waals surface area contributed by atoms with E-state index in [9.17, 15) is 0 Å². The first-order valence-electron chi connectivity index (χ1n) is 8.34. The Morgan fingerprint density at radius 2 is 1.88 bits per heavy atom. The van der Waals surface area contributed by atoms with Crippen LogP contribution in [0.15, 0.2) is 24.4 Å². The number of benzene rings is 1. The number of nitrogens with zero attached hydrogens (tertiary/aromatic N) is 3. The van der Waals surface area contributed by atoms with E-state index in [1.165, 1.54) is 12.8 Å². The normalized spacial score (nSPS) is 26.0. The molecule has 1 aromatic heterocycles. The van der Waals surface area contributed by atoms with Crippen molar-refractivity contribution < 1.29 is 0 Å². The van der Waals surface area contributed by atoms with Crippen LogP contribution in [0, 0.1) is 17.8 Å². The average Bonchev–Trinajstić information content (AvgIpc) is 3.08. The van der Waals surface area contributed by atoms with E-state index >= 15 is 0 Å². The molecule has 2 fully saturated rings. The van der Waals surface area contributed by atoms with Crippen LogP contribution in [0.3, 0.4) is 0 Å². The molecule has 2 heterocycles. The third-order valence-corrected chi connectivity index (χ3v) is 6.12. The molecule has 6 heteroatoms. The summed E-state index contributed by atoms with van der Waals surface area (Å²) >= 11 is 12.4. The lowest BCUT2D eigenvalue weighted by Crippen LogP contribution is -2.23. The lowest BCUT2D eigenvalue weighted by atomic mass is 10.0. The summed E-state index contributed by atoms with van der Waals surface area (Å²) in [6.07, 6.45) is 4.44. The molecule has 1 aliphatic heterocycles. The molecular formula is C18H20Cl2N4. The molecule has 0 amide bonds. The molecule has 1 unspecified atom stereocenters. The fraction of sp³-hybridized carbons (Fsp3) is 0.444. The van der Waals surface area contributed by atoms with Gasteiger partial charge in [-0.2, -0.15) is 0 Å². The molecule has 1 aromatic carbocycles. The number of aromatic nitrogens is 2. The van der Waals surface area contributed by atoms with Crippen LogP contribution < -0.4 is 10.6 Å². The molecule has 0 bridgehead atoms. The molecule has 1 saturated heterocycles. The van der Waals surface area contributed by atoms with Gasteiger partial charge in [-0.15, -0.1) is 0 Å². The number of rotatable bonds is 2. The van der Waals surface area contributed by atoms with E-state index in [1.807, 2.05) is 12.1 Å². The second-order valence-corrected chi connectivity index (χ2v) is 7.85. The summed E-state index contributed by atoms with van der Waals surface area (Å²) in [5.41, 5.74) is 7.47. The molecule has 2 aromatic rings. The van der Waals surface area contributed by atoms with Crippen molar-refractivity contribution in [3.8, 4) is 11.3 Å². The van der Waals surface area contributed by atoms with Crippen LogP contribution in [0.5, 0.6) is 0 Å². The van der Waals surface area contributed by atoms with Gasteiger partial charge in [0.25, 0.3) is 0 Å². The second kappa shape index (κ2) is 6.08. The van der Waals surface area contributed by atoms with Crippen LogP contribution in [0.25, 0.3) is 11.3 Å². The second-order valence-electron chi connectivity index (χ2n) is 7.07. The minimum absolute atomic E-state index is 0.391. The fourth-order valence-corrected chi connectivity index (χ4v) is 4.62. The first-order valence-corrected chi connectivity index (χ1v) is 9.10. The standard InChI is InChI=1S/C18H20Cl2N4/c1-10-5-11-8-24(9-12(11)6-10)15-7-22-17(18(21)23-15)13-3-2-4-14(19)16(13)20/h2-4,7,10-12H,5-6,8-9H2,1H3,(H2,21,23)/t10?,11-,12+. The molecule has 4 rings (SSSR count). The van der Waals surface area contributed by atoms with Gasteiger partial charge in [-0.25, -0.2) is 9.97 Å². The van der Waals surface area contributed by atoms with Gasteiger partial charge >= 0.3 is 0 Å². The summed E-state index contributed by atoms with van der Waals surface area (Å²) < 4.78 is 0. The maximum absolute atomic E-state index is 6.28. The fourth-order valence-electron chi connectivity index (χ4n) is 4.23. The van der Waals surface area contributed by atoms with Gasteiger partial charge in [-0.3, -0.25) is 0 Å². The summed E-state index contributed by atoms with van der Waals surface area (Å²) in [5.74, 6) is 3.67. The van der Waals surface area contributed by atoms with Crippen molar-refractivity contribution in [3.05, 3.63) is 34.4 Å². The van der Waals surface area contributed by atoms with Crippen molar-refractivity contribution in [2.75, 3.05) is 23.7 Å². The van der Waals surface area contributed by atoms with Crippen molar-refractivity contribution in [1.29, 1.82) is 0 Å². The van der Waals surface area contributed by atoms with E-state index in [-0.39, 0.29) is 0 Å². The summed E-state index contributed by atoms with van der Waals surface area (Å²) in [6.45, 7) is 4.46. The lowest BCUT2D eigenvalue weighted by molar-refractivity contribution is 0.494. The highest BCUT2D eigenvalue weighted by Crippen LogP contribution is 2.42. The first-order chi connectivity index (χ1) is 11.5. The zero-order chi connectivity index (χ0) is 16.8. The van der Waals surface area contributed by atoms with E-state index in [1.54, 1.807) is 12.3 Å². The minimum Gasteiger partial charge on any atom is -0.382 e. The number of anilines is 2. The van der Waals surface area contributed by atoms with E-state index in [0.717, 1.165) is 36.7 Å². The Morgan fingerprint density at radius 3 is 2.54 bits per heavy atom. The van der Waals surface area contributed by atoms with Crippen molar-refractivity contribution >= 4 is 34.8 Å². The highest BCUT2D eigenvalue weighted by atomic mass is 35.5. The number of halogens is 2. The third kappa shape index (κ3) is 2.72. The maximum atomic E-state index is 6.28. The van der Waals surface area contributed by atoms with Gasteiger partial charge in [-0.1, -0.05) is 42.3 Å². The summed E-state index contributed by atoms with van der Waals surface area (Å²) in [4.78, 5) is 11.4. The SMILES string of the molecule is CC1C[C@@H]2CN(c3cnc(-c4cccc(Cl)c4Cl)c(N)n3)C[C@@H]2C1. The first kappa shape index (κ1) is 16.0. The smallest absolute Gasteiger partial charge is 0.152 e. The molecule has 24 heavy (non-hydrogen) atoms. The molecule has 1 aliphatic carbocycles. The van der Waals surface area contributed by atoms with Gasteiger partial charge < -0.3 is 10.6 Å². The summed E-state index contributed by atoms with van der Waals surface area (Å²) in [6, 6.07) is 5.44. The number of nitrogen functional groups attached to an aromatic ring is 1. The summed E-state index contributed by atoms with van der Waals surface area (Å²) in [7, 11) is 0. The van der Waals surface area contributed by atoms with Gasteiger partial charge in [0.15, 0.2) is 5.82 Å². The molecule has 0 radical (unpaired) electrons. The largest absolute Gasteiger partial charge is 0.382 e. The van der Waals surface area contributed by atoms with Gasteiger partial charge in [0.1, 0.15) is 11.5 Å². The Morgan fingerprint density at radius 1 is 1.17 bits per heavy atom. The predicted octanol–water partition coefficient (Wildman–Crippen LogP) is 4.51. The Balaban J connectivity index is 1.60. The Hall–Kier alpha value is -1.52. The molecular weight excluding hydrogens is 343 g/mol. The molecule has 4 nitrogen and oxygen atoms in total. The number of hydrogen-bond donors (Lipinski definition) is 1. The zero-order valence-electron chi connectivity index (χ0n) is 13.5. The minimum atomic E-state index is 0.391. The zero-order valence-corrected chi connectivity index (χ0v) is 15.1. The quantitative estimate of drug-likeness (QED) is 0.853. The summed E-state index contributed by atoms with van der Waals surface area (Å²) in [5, 5.41) is 0.943. The number of fused-ring (bicyclic) bond motifs is 1. The predicted molar refractivity (Wildman–Crippen MR) is 99.5 cm³/mol. The molecule has 2 N–H and O–H groups in total. The van der Waals surface area contributed by atoms with Crippen molar-refractivity contribution in [2.24, 2.45) is 17.8 Å². The maximum Gasteiger partial charge on any atom is 0.152 e. The van der Waals surface area contributed by atoms with Crippen molar-refractivity contribution in [3.63, 3.8) is 0 Å². The van der Waals surface area contributed by atoms with Crippen LogP contribution in [-0.2, 0) is 0 Å². The molecule has 2 aliphatic rings. The van der Waals surface area contributed by atoms with Crippen LogP contribution in [-0.4, -0.2) is 23.1 Å². The Kier molecular flexibility index (Phi) is 4.05. The molecule has 1 saturated carbocycles. The van der Waals surface area contributed by atoms with E-state index in [2.05, 4.69) is 21.8 Å². The highest BCUT2D eigenvalue weighted by Gasteiger charge is 2.39. The van der Waals surface area contributed by atoms with E-state index in [0.29, 0.717) is 27.1 Å². The molecule has 126 valence electrons. The van der Waals surface area contributed by atoms with E-state index in [4.69, 9.17) is 28.9 Å². The van der Waals surface area contributed by atoms with Gasteiger partial charge in [0.2, 0.25) is 0 Å². The van der Waals surface area contributed by atoms with Gasteiger partial charge in [0.05, 0.1) is 16.2 Å². The van der Waals surface area contributed by atoms with Gasteiger partial charge in [-0.05, 0) is 36.7 Å². The topological polar surface area (TPSA) is 55.0 Å². The van der Waals surface area contributed by atoms with Crippen LogP contribution >= 0.6 is 23.2 Å². The monoisotopic (exact) mass is 362 g/mol. The highest BCUT2D eigenvalue weighted by molar-refractivity contribution is 6.43. The van der Waals surface area contributed by atoms with Gasteiger partial charge in [0, 0.05) is 18.7 Å². The molecule has 0 spiro atoms. The van der Waals surface area contributed by atoms with Crippen molar-refractivity contribution in [2.45, 2.75) is 19.8 Å².